The van der Waals surface area contributed by atoms with Gasteiger partial charge in [0, 0.05) is 0 Å². The van der Waals surface area contributed by atoms with Gasteiger partial charge in [-0.25, -0.2) is 4.39 Å². The van der Waals surface area contributed by atoms with E-state index in [4.69, 9.17) is 6.42 Å². The Hall–Kier alpha value is -1.40. The molecule has 0 radical (unpaired) electrons. The van der Waals surface area contributed by atoms with Crippen molar-refractivity contribution >= 4 is 0 Å². The summed E-state index contributed by atoms with van der Waals surface area (Å²) in [5, 5.41) is 3.37. The van der Waals surface area contributed by atoms with Crippen molar-refractivity contribution in [3.63, 3.8) is 0 Å². The van der Waals surface area contributed by atoms with Crippen LogP contribution in [-0.2, 0) is 0 Å². The third kappa shape index (κ3) is 3.83. The third-order valence-corrected chi connectivity index (χ3v) is 2.74. The highest BCUT2D eigenvalue weighted by molar-refractivity contribution is 5.12. The van der Waals surface area contributed by atoms with Gasteiger partial charge in [0.25, 0.3) is 0 Å². The molecule has 2 atom stereocenters. The Morgan fingerprint density at radius 3 is 2.59 bits per heavy atom. The summed E-state index contributed by atoms with van der Waals surface area (Å²) in [5.74, 6) is 2.77. The molecule has 0 saturated heterocycles. The van der Waals surface area contributed by atoms with E-state index in [1.807, 2.05) is 0 Å². The second-order valence-corrected chi connectivity index (χ2v) is 4.42. The van der Waals surface area contributed by atoms with E-state index in [0.29, 0.717) is 5.92 Å². The molecule has 0 bridgehead atoms. The van der Waals surface area contributed by atoms with Crippen molar-refractivity contribution in [1.82, 2.24) is 10.3 Å². The van der Waals surface area contributed by atoms with Gasteiger partial charge in [0.15, 0.2) is 0 Å². The number of pyridine rings is 1. The summed E-state index contributed by atoms with van der Waals surface area (Å²) in [4.78, 5) is 4.09. The highest BCUT2D eigenvalue weighted by atomic mass is 19.1. The summed E-state index contributed by atoms with van der Waals surface area (Å²) in [6.07, 6.45) is 7.59. The van der Waals surface area contributed by atoms with E-state index in [2.05, 4.69) is 37.0 Å². The van der Waals surface area contributed by atoms with Crippen LogP contribution < -0.4 is 5.32 Å². The van der Waals surface area contributed by atoms with Crippen molar-refractivity contribution in [1.29, 1.82) is 0 Å². The fourth-order valence-corrected chi connectivity index (χ4v) is 1.66. The average molecular weight is 234 g/mol. The lowest BCUT2D eigenvalue weighted by molar-refractivity contribution is 0.402. The number of nitrogens with one attached hydrogen (secondary N) is 1. The standard InChI is InChI=1S/C14H19FN2/c1-5-12(10(3)4)17-13(6-2)14-8-7-11(15)9-16-14/h1,7-10,12-13,17H,6H2,2-4H3. The molecule has 92 valence electrons. The highest BCUT2D eigenvalue weighted by Crippen LogP contribution is 2.16. The largest absolute Gasteiger partial charge is 0.295 e. The van der Waals surface area contributed by atoms with Gasteiger partial charge in [-0.3, -0.25) is 10.3 Å². The van der Waals surface area contributed by atoms with E-state index in [1.54, 1.807) is 6.07 Å². The fourth-order valence-electron chi connectivity index (χ4n) is 1.66. The van der Waals surface area contributed by atoms with E-state index in [9.17, 15) is 4.39 Å². The Kier molecular flexibility index (Phi) is 5.11. The molecule has 1 aromatic rings. The molecule has 1 N–H and O–H groups in total. The lowest BCUT2D eigenvalue weighted by atomic mass is 10.0. The molecule has 1 heterocycles. The van der Waals surface area contributed by atoms with Crippen LogP contribution in [0.25, 0.3) is 0 Å². The molecule has 0 aliphatic carbocycles. The smallest absolute Gasteiger partial charge is 0.141 e. The van der Waals surface area contributed by atoms with Gasteiger partial charge in [0.05, 0.1) is 24.0 Å². The Morgan fingerprint density at radius 1 is 1.47 bits per heavy atom. The summed E-state index contributed by atoms with van der Waals surface area (Å²) in [6, 6.07) is 3.20. The summed E-state index contributed by atoms with van der Waals surface area (Å²) in [7, 11) is 0. The number of rotatable bonds is 5. The number of hydrogen-bond acceptors (Lipinski definition) is 2. The Balaban J connectivity index is 2.78. The van der Waals surface area contributed by atoms with Crippen molar-refractivity contribution in [3.8, 4) is 12.3 Å². The number of terminal acetylenes is 1. The molecule has 0 spiro atoms. The van der Waals surface area contributed by atoms with Crippen LogP contribution in [0.3, 0.4) is 0 Å². The maximum Gasteiger partial charge on any atom is 0.141 e. The Morgan fingerprint density at radius 2 is 2.18 bits per heavy atom. The topological polar surface area (TPSA) is 24.9 Å². The van der Waals surface area contributed by atoms with Gasteiger partial charge in [-0.1, -0.05) is 26.7 Å². The normalized spacial score (nSPS) is 14.4. The first-order valence-corrected chi connectivity index (χ1v) is 5.92. The second-order valence-electron chi connectivity index (χ2n) is 4.42. The quantitative estimate of drug-likeness (QED) is 0.792. The number of aromatic nitrogens is 1. The molecular weight excluding hydrogens is 215 g/mol. The molecule has 0 fully saturated rings. The molecule has 1 aromatic heterocycles. The number of hydrogen-bond donors (Lipinski definition) is 1. The van der Waals surface area contributed by atoms with Crippen LogP contribution in [0.15, 0.2) is 18.3 Å². The minimum Gasteiger partial charge on any atom is -0.295 e. The van der Waals surface area contributed by atoms with Crippen LogP contribution in [0.2, 0.25) is 0 Å². The van der Waals surface area contributed by atoms with Crippen LogP contribution >= 0.6 is 0 Å². The van der Waals surface area contributed by atoms with Crippen LogP contribution in [0, 0.1) is 24.1 Å². The molecule has 2 nitrogen and oxygen atoms in total. The van der Waals surface area contributed by atoms with Crippen molar-refractivity contribution in [3.05, 3.63) is 29.8 Å². The van der Waals surface area contributed by atoms with Crippen LogP contribution in [0.1, 0.15) is 38.9 Å². The molecule has 3 heteroatoms. The van der Waals surface area contributed by atoms with Crippen molar-refractivity contribution in [2.24, 2.45) is 5.92 Å². The summed E-state index contributed by atoms with van der Waals surface area (Å²) < 4.78 is 12.8. The SMILES string of the molecule is C#CC(NC(CC)c1ccc(F)cn1)C(C)C. The molecular formula is C14H19FN2. The van der Waals surface area contributed by atoms with E-state index in [-0.39, 0.29) is 17.9 Å². The minimum atomic E-state index is -0.319. The van der Waals surface area contributed by atoms with E-state index in [0.717, 1.165) is 12.1 Å². The monoisotopic (exact) mass is 234 g/mol. The van der Waals surface area contributed by atoms with Gasteiger partial charge >= 0.3 is 0 Å². The van der Waals surface area contributed by atoms with Crippen molar-refractivity contribution < 1.29 is 4.39 Å². The van der Waals surface area contributed by atoms with Gasteiger partial charge in [-0.05, 0) is 24.5 Å². The van der Waals surface area contributed by atoms with Crippen LogP contribution in [0.4, 0.5) is 4.39 Å². The molecule has 0 aliphatic heterocycles. The maximum atomic E-state index is 12.8. The molecule has 0 aliphatic rings. The van der Waals surface area contributed by atoms with Gasteiger partial charge < -0.3 is 0 Å². The highest BCUT2D eigenvalue weighted by Gasteiger charge is 2.17. The number of halogens is 1. The zero-order chi connectivity index (χ0) is 12.8. The molecule has 1 rings (SSSR count). The molecule has 2 unspecified atom stereocenters. The Bertz CT molecular complexity index is 378. The first-order valence-electron chi connectivity index (χ1n) is 5.92. The maximum absolute atomic E-state index is 12.8. The van der Waals surface area contributed by atoms with Gasteiger partial charge in [-0.2, -0.15) is 0 Å². The zero-order valence-corrected chi connectivity index (χ0v) is 10.6. The molecule has 0 aromatic carbocycles. The zero-order valence-electron chi connectivity index (χ0n) is 10.6. The third-order valence-electron chi connectivity index (χ3n) is 2.74. The number of nitrogens with zero attached hydrogens (tertiary/aromatic N) is 1. The lowest BCUT2D eigenvalue weighted by Crippen LogP contribution is -2.35. The minimum absolute atomic E-state index is 0.00630. The lowest BCUT2D eigenvalue weighted by Gasteiger charge is -2.23. The van der Waals surface area contributed by atoms with Crippen molar-refractivity contribution in [2.75, 3.05) is 0 Å². The summed E-state index contributed by atoms with van der Waals surface area (Å²) in [6.45, 7) is 6.20. The average Bonchev–Trinajstić information content (AvgIpc) is 2.32. The second kappa shape index (κ2) is 6.36. The van der Waals surface area contributed by atoms with Crippen molar-refractivity contribution in [2.45, 2.75) is 39.3 Å². The van der Waals surface area contributed by atoms with Gasteiger partial charge in [0.2, 0.25) is 0 Å². The predicted octanol–water partition coefficient (Wildman–Crippen LogP) is 2.92. The first kappa shape index (κ1) is 13.7. The first-order chi connectivity index (χ1) is 8.08. The van der Waals surface area contributed by atoms with Crippen LogP contribution in [-0.4, -0.2) is 11.0 Å². The fraction of sp³-hybridized carbons (Fsp3) is 0.500. The van der Waals surface area contributed by atoms with Gasteiger partial charge in [0.1, 0.15) is 5.82 Å². The molecule has 17 heavy (non-hydrogen) atoms. The Labute approximate surface area is 103 Å². The summed E-state index contributed by atoms with van der Waals surface area (Å²) in [5.41, 5.74) is 0.829. The van der Waals surface area contributed by atoms with E-state index >= 15 is 0 Å². The molecule has 0 saturated carbocycles. The molecule has 0 amide bonds. The predicted molar refractivity (Wildman–Crippen MR) is 67.8 cm³/mol. The van der Waals surface area contributed by atoms with E-state index < -0.39 is 0 Å². The van der Waals surface area contributed by atoms with E-state index in [1.165, 1.54) is 12.3 Å². The van der Waals surface area contributed by atoms with Gasteiger partial charge in [-0.15, -0.1) is 6.42 Å². The summed E-state index contributed by atoms with van der Waals surface area (Å²) >= 11 is 0. The van der Waals surface area contributed by atoms with Crippen LogP contribution in [0.5, 0.6) is 0 Å².